The van der Waals surface area contributed by atoms with E-state index in [1.54, 1.807) is 24.3 Å². The lowest BCUT2D eigenvalue weighted by Crippen LogP contribution is -2.31. The smallest absolute Gasteiger partial charge is 0.338 e. The van der Waals surface area contributed by atoms with E-state index in [2.05, 4.69) is 11.2 Å². The SMILES string of the molecule is C#CCNC(=O)COC(=O)c1cccc(S(=O)(=O)N(Cc2ccccc2)c2ccc(Cl)cc2)c1. The van der Waals surface area contributed by atoms with Gasteiger partial charge in [0.25, 0.3) is 15.9 Å². The number of nitrogens with one attached hydrogen (secondary N) is 1. The van der Waals surface area contributed by atoms with Crippen LogP contribution in [0.4, 0.5) is 5.69 Å². The lowest BCUT2D eigenvalue weighted by Gasteiger charge is -2.25. The van der Waals surface area contributed by atoms with Crippen LogP contribution in [-0.2, 0) is 26.1 Å². The van der Waals surface area contributed by atoms with Crippen LogP contribution in [0.1, 0.15) is 15.9 Å². The van der Waals surface area contributed by atoms with Gasteiger partial charge in [0.1, 0.15) is 0 Å². The molecule has 0 bridgehead atoms. The molecule has 0 saturated heterocycles. The zero-order valence-corrected chi connectivity index (χ0v) is 19.6. The van der Waals surface area contributed by atoms with E-state index in [0.29, 0.717) is 10.7 Å². The zero-order valence-electron chi connectivity index (χ0n) is 18.0. The van der Waals surface area contributed by atoms with Crippen LogP contribution in [-0.4, -0.2) is 33.4 Å². The molecule has 0 spiro atoms. The molecule has 0 atom stereocenters. The van der Waals surface area contributed by atoms with E-state index >= 15 is 0 Å². The highest BCUT2D eigenvalue weighted by Gasteiger charge is 2.26. The highest BCUT2D eigenvalue weighted by atomic mass is 35.5. The van der Waals surface area contributed by atoms with Crippen molar-refractivity contribution >= 4 is 39.2 Å². The second-order valence-corrected chi connectivity index (χ2v) is 9.36. The Hall–Kier alpha value is -3.80. The lowest BCUT2D eigenvalue weighted by atomic mass is 10.2. The second kappa shape index (κ2) is 11.4. The molecule has 0 saturated carbocycles. The number of terminal acetylenes is 1. The minimum absolute atomic E-state index is 0.00601. The van der Waals surface area contributed by atoms with Crippen molar-refractivity contribution in [1.82, 2.24) is 5.32 Å². The molecule has 0 fully saturated rings. The van der Waals surface area contributed by atoms with Crippen LogP contribution in [0.15, 0.2) is 83.8 Å². The molecule has 0 aliphatic rings. The number of hydrogen-bond acceptors (Lipinski definition) is 5. The number of carbonyl (C=O) groups is 2. The van der Waals surface area contributed by atoms with Crippen molar-refractivity contribution in [2.75, 3.05) is 17.5 Å². The van der Waals surface area contributed by atoms with Gasteiger partial charge in [-0.05, 0) is 48.0 Å². The van der Waals surface area contributed by atoms with Gasteiger partial charge in [-0.1, -0.05) is 53.9 Å². The summed E-state index contributed by atoms with van der Waals surface area (Å²) in [6, 6.07) is 21.0. The first-order valence-corrected chi connectivity index (χ1v) is 11.9. The third-order valence-electron chi connectivity index (χ3n) is 4.66. The fraction of sp³-hybridized carbons (Fsp3) is 0.120. The summed E-state index contributed by atoms with van der Waals surface area (Å²) >= 11 is 5.99. The molecule has 1 N–H and O–H groups in total. The van der Waals surface area contributed by atoms with E-state index in [4.69, 9.17) is 22.8 Å². The molecule has 0 radical (unpaired) electrons. The number of halogens is 1. The number of anilines is 1. The van der Waals surface area contributed by atoms with E-state index in [1.807, 2.05) is 30.3 Å². The van der Waals surface area contributed by atoms with Crippen LogP contribution in [0.3, 0.4) is 0 Å². The van der Waals surface area contributed by atoms with Gasteiger partial charge in [0.2, 0.25) is 0 Å². The number of carbonyl (C=O) groups excluding carboxylic acids is 2. The Labute approximate surface area is 203 Å². The normalized spacial score (nSPS) is 10.7. The summed E-state index contributed by atoms with van der Waals surface area (Å²) in [5, 5.41) is 2.84. The fourth-order valence-corrected chi connectivity index (χ4v) is 4.62. The average molecular weight is 497 g/mol. The van der Waals surface area contributed by atoms with Gasteiger partial charge < -0.3 is 10.1 Å². The number of nitrogens with zero attached hydrogens (tertiary/aromatic N) is 1. The minimum atomic E-state index is -4.08. The third-order valence-corrected chi connectivity index (χ3v) is 6.69. The number of amides is 1. The Morgan fingerprint density at radius 1 is 1.00 bits per heavy atom. The number of benzene rings is 3. The standard InChI is InChI=1S/C25H21ClN2O5S/c1-2-15-27-24(29)18-33-25(30)20-9-6-10-23(16-20)34(31,32)28(17-19-7-4-3-5-8-19)22-13-11-21(26)12-14-22/h1,3-14,16H,15,17-18H2,(H,27,29). The molecular formula is C25H21ClN2O5S. The number of ether oxygens (including phenoxy) is 1. The Bertz CT molecular complexity index is 1300. The maximum Gasteiger partial charge on any atom is 0.338 e. The van der Waals surface area contributed by atoms with Gasteiger partial charge in [0.15, 0.2) is 6.61 Å². The van der Waals surface area contributed by atoms with Gasteiger partial charge >= 0.3 is 5.97 Å². The first-order chi connectivity index (χ1) is 16.3. The van der Waals surface area contributed by atoms with Crippen molar-refractivity contribution in [2.45, 2.75) is 11.4 Å². The summed E-state index contributed by atoms with van der Waals surface area (Å²) in [7, 11) is -4.08. The molecule has 0 aliphatic heterocycles. The predicted molar refractivity (Wildman–Crippen MR) is 130 cm³/mol. The molecule has 174 valence electrons. The molecule has 9 heteroatoms. The molecule has 0 unspecified atom stereocenters. The largest absolute Gasteiger partial charge is 0.452 e. The zero-order chi connectivity index (χ0) is 24.6. The summed E-state index contributed by atoms with van der Waals surface area (Å²) in [6.07, 6.45) is 5.06. The molecule has 3 aromatic carbocycles. The van der Waals surface area contributed by atoms with Crippen molar-refractivity contribution in [3.8, 4) is 12.3 Å². The van der Waals surface area contributed by atoms with Crippen molar-refractivity contribution in [3.63, 3.8) is 0 Å². The van der Waals surface area contributed by atoms with Crippen molar-refractivity contribution in [2.24, 2.45) is 0 Å². The Morgan fingerprint density at radius 3 is 2.38 bits per heavy atom. The Balaban J connectivity index is 1.89. The Kier molecular flexibility index (Phi) is 8.30. The maximum absolute atomic E-state index is 13.6. The van der Waals surface area contributed by atoms with Crippen molar-refractivity contribution in [1.29, 1.82) is 0 Å². The number of esters is 1. The van der Waals surface area contributed by atoms with Gasteiger partial charge in [-0.2, -0.15) is 0 Å². The van der Waals surface area contributed by atoms with Gasteiger partial charge in [0.05, 0.1) is 29.2 Å². The number of hydrogen-bond donors (Lipinski definition) is 1. The van der Waals surface area contributed by atoms with E-state index in [9.17, 15) is 18.0 Å². The Morgan fingerprint density at radius 2 is 1.71 bits per heavy atom. The molecule has 34 heavy (non-hydrogen) atoms. The van der Waals surface area contributed by atoms with Crippen molar-refractivity contribution in [3.05, 3.63) is 95.0 Å². The highest BCUT2D eigenvalue weighted by molar-refractivity contribution is 7.92. The third kappa shape index (κ3) is 6.38. The van der Waals surface area contributed by atoms with E-state index < -0.39 is 28.5 Å². The average Bonchev–Trinajstić information content (AvgIpc) is 2.86. The van der Waals surface area contributed by atoms with E-state index in [-0.39, 0.29) is 23.5 Å². The fourth-order valence-electron chi connectivity index (χ4n) is 3.00. The lowest BCUT2D eigenvalue weighted by molar-refractivity contribution is -0.123. The summed E-state index contributed by atoms with van der Waals surface area (Å²) in [5.41, 5.74) is 1.17. The van der Waals surface area contributed by atoms with Crippen LogP contribution in [0.25, 0.3) is 0 Å². The molecule has 0 aliphatic carbocycles. The molecule has 0 heterocycles. The maximum atomic E-state index is 13.6. The van der Waals surface area contributed by atoms with E-state index in [0.717, 1.165) is 5.56 Å². The van der Waals surface area contributed by atoms with Crippen LogP contribution in [0, 0.1) is 12.3 Å². The van der Waals surface area contributed by atoms with Crippen LogP contribution in [0.2, 0.25) is 5.02 Å². The first-order valence-electron chi connectivity index (χ1n) is 10.1. The first kappa shape index (κ1) is 24.8. The summed E-state index contributed by atoms with van der Waals surface area (Å²) in [6.45, 7) is -0.469. The second-order valence-electron chi connectivity index (χ2n) is 7.06. The summed E-state index contributed by atoms with van der Waals surface area (Å²) in [4.78, 5) is 23.9. The van der Waals surface area contributed by atoms with Crippen LogP contribution >= 0.6 is 11.6 Å². The molecule has 0 aromatic heterocycles. The van der Waals surface area contributed by atoms with Crippen LogP contribution in [0.5, 0.6) is 0 Å². The topological polar surface area (TPSA) is 92.8 Å². The van der Waals surface area contributed by atoms with Crippen LogP contribution < -0.4 is 9.62 Å². The van der Waals surface area contributed by atoms with E-state index in [1.165, 1.54) is 28.6 Å². The molecular weight excluding hydrogens is 476 g/mol. The summed E-state index contributed by atoms with van der Waals surface area (Å²) < 4.78 is 33.5. The number of sulfonamides is 1. The predicted octanol–water partition coefficient (Wildman–Crippen LogP) is 3.64. The molecule has 1 amide bonds. The molecule has 3 aromatic rings. The molecule has 3 rings (SSSR count). The van der Waals surface area contributed by atoms with Crippen molar-refractivity contribution < 1.29 is 22.7 Å². The van der Waals surface area contributed by atoms with Gasteiger partial charge in [0, 0.05) is 5.02 Å². The van der Waals surface area contributed by atoms with Gasteiger partial charge in [-0.3, -0.25) is 9.10 Å². The quantitative estimate of drug-likeness (QED) is 0.360. The van der Waals surface area contributed by atoms with Gasteiger partial charge in [-0.15, -0.1) is 6.42 Å². The highest BCUT2D eigenvalue weighted by Crippen LogP contribution is 2.28. The minimum Gasteiger partial charge on any atom is -0.452 e. The number of rotatable bonds is 9. The molecule has 7 nitrogen and oxygen atoms in total. The monoisotopic (exact) mass is 496 g/mol. The summed E-state index contributed by atoms with van der Waals surface area (Å²) in [5.74, 6) is 0.833. The van der Waals surface area contributed by atoms with Gasteiger partial charge in [-0.25, -0.2) is 13.2 Å².